The smallest absolute Gasteiger partial charge is 0.303 e. The van der Waals surface area contributed by atoms with Gasteiger partial charge in [-0.1, -0.05) is 24.4 Å². The lowest BCUT2D eigenvalue weighted by molar-refractivity contribution is -0.958. The van der Waals surface area contributed by atoms with Crippen LogP contribution in [0.5, 0.6) is 0 Å². The SMILES string of the molecule is CC(=O)OC1C[N+]2(Cc3noc(C4CCCCC4)n3)CCC1CC2. The summed E-state index contributed by atoms with van der Waals surface area (Å²) in [5.74, 6) is 2.51. The summed E-state index contributed by atoms with van der Waals surface area (Å²) in [5.41, 5.74) is 0. The van der Waals surface area contributed by atoms with Gasteiger partial charge in [-0.3, -0.25) is 4.79 Å². The zero-order valence-corrected chi connectivity index (χ0v) is 14.6. The van der Waals surface area contributed by atoms with Crippen molar-refractivity contribution in [1.29, 1.82) is 0 Å². The van der Waals surface area contributed by atoms with Gasteiger partial charge in [-0.2, -0.15) is 4.98 Å². The summed E-state index contributed by atoms with van der Waals surface area (Å²) < 4.78 is 12.1. The normalized spacial score (nSPS) is 33.5. The van der Waals surface area contributed by atoms with Crippen LogP contribution in [0.4, 0.5) is 0 Å². The fourth-order valence-electron chi connectivity index (χ4n) is 4.94. The van der Waals surface area contributed by atoms with Crippen molar-refractivity contribution >= 4 is 5.97 Å². The highest BCUT2D eigenvalue weighted by Gasteiger charge is 2.48. The third-order valence-electron chi connectivity index (χ3n) is 6.27. The van der Waals surface area contributed by atoms with Gasteiger partial charge in [0.15, 0.2) is 6.10 Å². The number of piperidine rings is 3. The molecule has 1 atom stereocenters. The van der Waals surface area contributed by atoms with Crippen LogP contribution >= 0.6 is 0 Å². The molecule has 1 aliphatic carbocycles. The molecular formula is C18H28N3O3+. The molecule has 3 aliphatic heterocycles. The third-order valence-corrected chi connectivity index (χ3v) is 6.27. The van der Waals surface area contributed by atoms with E-state index in [-0.39, 0.29) is 12.1 Å². The van der Waals surface area contributed by atoms with E-state index in [1.54, 1.807) is 0 Å². The highest BCUT2D eigenvalue weighted by atomic mass is 16.5. The number of esters is 1. The van der Waals surface area contributed by atoms with Crippen LogP contribution in [0.1, 0.15) is 69.5 Å². The number of fused-ring (bicyclic) bond motifs is 3. The van der Waals surface area contributed by atoms with E-state index in [9.17, 15) is 4.79 Å². The van der Waals surface area contributed by atoms with Crippen molar-refractivity contribution in [2.45, 2.75) is 70.4 Å². The van der Waals surface area contributed by atoms with Gasteiger partial charge >= 0.3 is 5.97 Å². The molecule has 6 nitrogen and oxygen atoms in total. The lowest BCUT2D eigenvalue weighted by Gasteiger charge is -2.51. The molecule has 1 saturated carbocycles. The standard InChI is InChI=1S/C18H28N3O3/c1-13(22)23-16-11-21(9-7-14(16)8-10-21)12-17-19-18(24-20-17)15-5-3-2-4-6-15/h14-16H,2-12H2,1H3/q+1. The summed E-state index contributed by atoms with van der Waals surface area (Å²) in [6.45, 7) is 5.49. The number of rotatable bonds is 4. The Labute approximate surface area is 143 Å². The van der Waals surface area contributed by atoms with Gasteiger partial charge in [0.25, 0.3) is 0 Å². The number of hydrogen-bond donors (Lipinski definition) is 0. The fraction of sp³-hybridized carbons (Fsp3) is 0.833. The second-order valence-electron chi connectivity index (χ2n) is 8.00. The first-order valence-electron chi connectivity index (χ1n) is 9.48. The maximum absolute atomic E-state index is 11.4. The highest BCUT2D eigenvalue weighted by molar-refractivity contribution is 5.66. The molecule has 4 aliphatic rings. The van der Waals surface area contributed by atoms with Crippen LogP contribution in [0, 0.1) is 5.92 Å². The van der Waals surface area contributed by atoms with E-state index >= 15 is 0 Å². The molecule has 0 aromatic carbocycles. The second kappa shape index (κ2) is 6.47. The van der Waals surface area contributed by atoms with Crippen LogP contribution in [0.15, 0.2) is 4.52 Å². The van der Waals surface area contributed by atoms with Gasteiger partial charge in [0.1, 0.15) is 13.1 Å². The van der Waals surface area contributed by atoms with Crippen LogP contribution < -0.4 is 0 Å². The topological polar surface area (TPSA) is 65.2 Å². The van der Waals surface area contributed by atoms with Gasteiger partial charge in [0.05, 0.1) is 13.1 Å². The van der Waals surface area contributed by atoms with E-state index in [0.29, 0.717) is 11.8 Å². The largest absolute Gasteiger partial charge is 0.456 e. The minimum Gasteiger partial charge on any atom is -0.456 e. The Balaban J connectivity index is 1.44. The maximum Gasteiger partial charge on any atom is 0.303 e. The Kier molecular flexibility index (Phi) is 4.33. The molecule has 0 amide bonds. The molecule has 1 aromatic heterocycles. The van der Waals surface area contributed by atoms with Crippen molar-refractivity contribution in [2.75, 3.05) is 19.6 Å². The number of aromatic nitrogens is 2. The van der Waals surface area contributed by atoms with Crippen LogP contribution in [-0.2, 0) is 16.1 Å². The monoisotopic (exact) mass is 334 g/mol. The first-order chi connectivity index (χ1) is 11.6. The van der Waals surface area contributed by atoms with E-state index in [1.165, 1.54) is 39.0 Å². The summed E-state index contributed by atoms with van der Waals surface area (Å²) in [4.78, 5) is 16.1. The molecule has 4 heterocycles. The molecule has 24 heavy (non-hydrogen) atoms. The summed E-state index contributed by atoms with van der Waals surface area (Å²) in [7, 11) is 0. The van der Waals surface area contributed by atoms with Gasteiger partial charge in [-0.25, -0.2) is 0 Å². The van der Waals surface area contributed by atoms with E-state index in [0.717, 1.165) is 55.2 Å². The van der Waals surface area contributed by atoms with Crippen molar-refractivity contribution in [1.82, 2.24) is 10.1 Å². The Bertz CT molecular complexity index is 586. The predicted molar refractivity (Wildman–Crippen MR) is 87.0 cm³/mol. The number of quaternary nitrogens is 1. The molecule has 3 saturated heterocycles. The maximum atomic E-state index is 11.4. The summed E-state index contributed by atoms with van der Waals surface area (Å²) in [5, 5.41) is 4.27. The van der Waals surface area contributed by atoms with Crippen LogP contribution in [0.25, 0.3) is 0 Å². The lowest BCUT2D eigenvalue weighted by atomic mass is 9.83. The van der Waals surface area contributed by atoms with Gasteiger partial charge in [-0.15, -0.1) is 0 Å². The molecule has 0 radical (unpaired) electrons. The predicted octanol–water partition coefficient (Wildman–Crippen LogP) is 2.79. The number of carbonyl (C=O) groups is 1. The van der Waals surface area contributed by atoms with Crippen LogP contribution in [0.2, 0.25) is 0 Å². The van der Waals surface area contributed by atoms with Crippen molar-refractivity contribution < 1.29 is 18.5 Å². The average Bonchev–Trinajstić information content (AvgIpc) is 3.04. The van der Waals surface area contributed by atoms with Crippen molar-refractivity contribution in [2.24, 2.45) is 5.92 Å². The zero-order chi connectivity index (χ0) is 16.6. The number of nitrogens with zero attached hydrogens (tertiary/aromatic N) is 3. The number of carbonyl (C=O) groups excluding carboxylic acids is 1. The Morgan fingerprint density at radius 2 is 1.96 bits per heavy atom. The molecule has 6 heteroatoms. The quantitative estimate of drug-likeness (QED) is 0.626. The Morgan fingerprint density at radius 1 is 1.21 bits per heavy atom. The van der Waals surface area contributed by atoms with Gasteiger partial charge < -0.3 is 13.7 Å². The molecule has 1 aromatic rings. The van der Waals surface area contributed by atoms with Gasteiger partial charge in [0, 0.05) is 31.6 Å². The van der Waals surface area contributed by atoms with E-state index < -0.39 is 0 Å². The Hall–Kier alpha value is -1.43. The highest BCUT2D eigenvalue weighted by Crippen LogP contribution is 2.37. The molecule has 4 fully saturated rings. The Morgan fingerprint density at radius 3 is 2.67 bits per heavy atom. The van der Waals surface area contributed by atoms with E-state index in [2.05, 4.69) is 5.16 Å². The molecule has 0 N–H and O–H groups in total. The third kappa shape index (κ3) is 3.21. The molecule has 0 spiro atoms. The number of ether oxygens (including phenoxy) is 1. The molecule has 5 rings (SSSR count). The summed E-state index contributed by atoms with van der Waals surface area (Å²) in [6.07, 6.45) is 8.55. The molecule has 132 valence electrons. The van der Waals surface area contributed by atoms with E-state index in [4.69, 9.17) is 14.2 Å². The van der Waals surface area contributed by atoms with Crippen LogP contribution in [0.3, 0.4) is 0 Å². The summed E-state index contributed by atoms with van der Waals surface area (Å²) >= 11 is 0. The average molecular weight is 334 g/mol. The van der Waals surface area contributed by atoms with Crippen molar-refractivity contribution in [3.8, 4) is 0 Å². The van der Waals surface area contributed by atoms with Crippen molar-refractivity contribution in [3.05, 3.63) is 11.7 Å². The minimum absolute atomic E-state index is 0.0646. The summed E-state index contributed by atoms with van der Waals surface area (Å²) in [6, 6.07) is 0. The molecule has 2 bridgehead atoms. The first-order valence-corrected chi connectivity index (χ1v) is 9.48. The van der Waals surface area contributed by atoms with Gasteiger partial charge in [0.2, 0.25) is 11.7 Å². The van der Waals surface area contributed by atoms with E-state index in [1.807, 2.05) is 0 Å². The fourth-order valence-corrected chi connectivity index (χ4v) is 4.94. The minimum atomic E-state index is -0.161. The van der Waals surface area contributed by atoms with Crippen molar-refractivity contribution in [3.63, 3.8) is 0 Å². The first kappa shape index (κ1) is 16.1. The van der Waals surface area contributed by atoms with Crippen LogP contribution in [-0.4, -0.2) is 46.3 Å². The number of hydrogen-bond acceptors (Lipinski definition) is 5. The zero-order valence-electron chi connectivity index (χ0n) is 14.6. The molecule has 1 unspecified atom stereocenters. The second-order valence-corrected chi connectivity index (χ2v) is 8.00. The lowest BCUT2D eigenvalue weighted by Crippen LogP contribution is -2.63. The molecular weight excluding hydrogens is 306 g/mol. The van der Waals surface area contributed by atoms with Gasteiger partial charge in [-0.05, 0) is 12.8 Å².